The van der Waals surface area contributed by atoms with Gasteiger partial charge in [0.1, 0.15) is 0 Å². The minimum atomic E-state index is -0.899. The number of nitriles is 1. The van der Waals surface area contributed by atoms with Gasteiger partial charge in [0.15, 0.2) is 0 Å². The van der Waals surface area contributed by atoms with Crippen LogP contribution in [0.15, 0.2) is 29.2 Å². The van der Waals surface area contributed by atoms with E-state index in [0.29, 0.717) is 3.27 Å². The van der Waals surface area contributed by atoms with Gasteiger partial charge in [0.25, 0.3) is 0 Å². The minimum absolute atomic E-state index is 0.00711. The molecule has 1 saturated carbocycles. The van der Waals surface area contributed by atoms with Crippen molar-refractivity contribution < 1.29 is 14.6 Å². The molecule has 1 aromatic heterocycles. The maximum atomic E-state index is 9.89. The van der Waals surface area contributed by atoms with Crippen LogP contribution in [0.3, 0.4) is 0 Å². The van der Waals surface area contributed by atoms with Gasteiger partial charge in [0.2, 0.25) is 0 Å². The second kappa shape index (κ2) is 8.19. The van der Waals surface area contributed by atoms with Crippen molar-refractivity contribution in [2.45, 2.75) is 59.4 Å². The van der Waals surface area contributed by atoms with Crippen LogP contribution in [0.5, 0.6) is 0 Å². The standard InChI is InChI=1S/C22H24N4O3S.Sn/c1-13-16(12-30-15-7-5-4-6-8-15)21(26-18(10-23)24-13)25-17-9-14(11-27)19-20(17)29-22(2,3)28-19;/h4-7,12,14,17,19-20,27H,9,11H2,1-3H3,(H,24,25,26);/t14-,17-,19-,20+;/m1./s1. The summed E-state index contributed by atoms with van der Waals surface area (Å²) < 4.78 is 14.1. The molecule has 3 heterocycles. The van der Waals surface area contributed by atoms with Gasteiger partial charge in [0.05, 0.1) is 0 Å². The van der Waals surface area contributed by atoms with Gasteiger partial charge in [-0.05, 0) is 0 Å². The molecule has 2 aromatic rings. The molecule has 9 heteroatoms. The fourth-order valence-corrected chi connectivity index (χ4v) is 12.6. The molecule has 160 valence electrons. The normalized spacial score (nSPS) is 30.6. The second-order valence-corrected chi connectivity index (χ2v) is 15.0. The summed E-state index contributed by atoms with van der Waals surface area (Å²) in [6.45, 7) is 5.84. The summed E-state index contributed by atoms with van der Waals surface area (Å²) >= 11 is 0.991. The maximum absolute atomic E-state index is 9.89. The van der Waals surface area contributed by atoms with E-state index in [-0.39, 0.29) is 36.6 Å². The Kier molecular flexibility index (Phi) is 5.67. The van der Waals surface area contributed by atoms with E-state index in [4.69, 9.17) is 9.47 Å². The van der Waals surface area contributed by atoms with Crippen molar-refractivity contribution >= 4 is 42.3 Å². The number of rotatable bonds is 4. The molecule has 1 saturated heterocycles. The van der Waals surface area contributed by atoms with E-state index in [1.165, 1.54) is 8.47 Å². The zero-order chi connectivity index (χ0) is 21.8. The van der Waals surface area contributed by atoms with E-state index in [2.05, 4.69) is 45.6 Å². The SMILES string of the molecule is Cc1nc(C#N)nc(N[C@@H]2C[C@H](CO)[C@H]3OC(C)(C)O[C@H]32)c1[CH]1Sc2cccc[c]2[Sn]1. The Labute approximate surface area is 196 Å². The van der Waals surface area contributed by atoms with Crippen LogP contribution in [-0.2, 0) is 9.47 Å². The summed E-state index contributed by atoms with van der Waals surface area (Å²) in [4.78, 5) is 10.4. The summed E-state index contributed by atoms with van der Waals surface area (Å²) in [5.41, 5.74) is 1.96. The average molecular weight is 543 g/mol. The molecule has 0 bridgehead atoms. The predicted octanol–water partition coefficient (Wildman–Crippen LogP) is 2.10. The number of fused-ring (bicyclic) bond motifs is 2. The van der Waals surface area contributed by atoms with Gasteiger partial charge < -0.3 is 0 Å². The number of aromatic nitrogens is 2. The van der Waals surface area contributed by atoms with Gasteiger partial charge in [-0.15, -0.1) is 0 Å². The van der Waals surface area contributed by atoms with Crippen molar-refractivity contribution in [1.82, 2.24) is 9.97 Å². The van der Waals surface area contributed by atoms with Crippen LogP contribution in [0.2, 0.25) is 0 Å². The van der Waals surface area contributed by atoms with E-state index < -0.39 is 26.9 Å². The number of nitrogens with zero attached hydrogens (tertiary/aromatic N) is 3. The van der Waals surface area contributed by atoms with Crippen molar-refractivity contribution in [3.05, 3.63) is 41.3 Å². The number of aryl methyl sites for hydroxylation is 1. The molecule has 1 unspecified atom stereocenters. The van der Waals surface area contributed by atoms with E-state index >= 15 is 0 Å². The van der Waals surface area contributed by atoms with E-state index in [9.17, 15) is 10.4 Å². The molecule has 2 radical (unpaired) electrons. The topological polar surface area (TPSA) is 100 Å². The van der Waals surface area contributed by atoms with E-state index in [0.717, 1.165) is 23.5 Å². The Morgan fingerprint density at radius 2 is 2.06 bits per heavy atom. The zero-order valence-corrected chi connectivity index (χ0v) is 21.3. The summed E-state index contributed by atoms with van der Waals surface area (Å²) in [7, 11) is 0. The summed E-state index contributed by atoms with van der Waals surface area (Å²) in [5, 5.41) is 23.0. The quantitative estimate of drug-likeness (QED) is 0.567. The number of hydrogen-bond acceptors (Lipinski definition) is 8. The molecular weight excluding hydrogens is 519 g/mol. The molecule has 2 aliphatic heterocycles. The molecule has 2 N–H and O–H groups in total. The number of aliphatic hydroxyl groups is 1. The van der Waals surface area contributed by atoms with E-state index in [1.807, 2.05) is 32.5 Å². The second-order valence-electron chi connectivity index (χ2n) is 8.64. The first kappa shape index (κ1) is 21.5. The van der Waals surface area contributed by atoms with Crippen LogP contribution >= 0.6 is 11.8 Å². The molecule has 3 aliphatic rings. The van der Waals surface area contributed by atoms with Gasteiger partial charge in [0, 0.05) is 0 Å². The third-order valence-electron chi connectivity index (χ3n) is 6.05. The van der Waals surface area contributed by atoms with Crippen LogP contribution in [0.4, 0.5) is 5.82 Å². The number of ether oxygens (including phenoxy) is 2. The Morgan fingerprint density at radius 1 is 1.29 bits per heavy atom. The van der Waals surface area contributed by atoms with E-state index in [1.54, 1.807) is 0 Å². The summed E-state index contributed by atoms with van der Waals surface area (Å²) in [5.74, 6) is 0.230. The van der Waals surface area contributed by atoms with Crippen molar-refractivity contribution in [3.8, 4) is 6.07 Å². The van der Waals surface area contributed by atoms with Gasteiger partial charge in [-0.3, -0.25) is 0 Å². The third-order valence-corrected chi connectivity index (χ3v) is 13.2. The van der Waals surface area contributed by atoms with Gasteiger partial charge in [-0.1, -0.05) is 0 Å². The number of anilines is 1. The first-order valence-electron chi connectivity index (χ1n) is 10.4. The number of aliphatic hydroxyl groups excluding tert-OH is 1. The monoisotopic (exact) mass is 544 g/mol. The Morgan fingerprint density at radius 3 is 2.81 bits per heavy atom. The molecule has 31 heavy (non-hydrogen) atoms. The predicted molar refractivity (Wildman–Crippen MR) is 118 cm³/mol. The summed E-state index contributed by atoms with van der Waals surface area (Å²) in [6.07, 6.45) is 0.403. The summed E-state index contributed by atoms with van der Waals surface area (Å²) in [6, 6.07) is 10.7. The van der Waals surface area contributed by atoms with Crippen molar-refractivity contribution in [2.75, 3.05) is 11.9 Å². The molecule has 5 atom stereocenters. The Hall–Kier alpha value is -1.38. The molecule has 0 spiro atoms. The number of nitrogens with one attached hydrogen (secondary N) is 1. The van der Waals surface area contributed by atoms with Gasteiger partial charge in [-0.25, -0.2) is 0 Å². The van der Waals surface area contributed by atoms with Crippen LogP contribution in [0.25, 0.3) is 0 Å². The van der Waals surface area contributed by atoms with Crippen molar-refractivity contribution in [2.24, 2.45) is 5.92 Å². The molecule has 5 rings (SSSR count). The van der Waals surface area contributed by atoms with Gasteiger partial charge in [-0.2, -0.15) is 0 Å². The molecule has 0 amide bonds. The van der Waals surface area contributed by atoms with Crippen molar-refractivity contribution in [3.63, 3.8) is 0 Å². The Bertz CT molecular complexity index is 1030. The fourth-order valence-electron chi connectivity index (χ4n) is 4.76. The van der Waals surface area contributed by atoms with Crippen LogP contribution in [0, 0.1) is 24.2 Å². The number of hydrogen-bond donors (Lipinski definition) is 2. The van der Waals surface area contributed by atoms with Crippen LogP contribution < -0.4 is 8.90 Å². The molecule has 2 fully saturated rings. The first-order chi connectivity index (χ1) is 14.9. The van der Waals surface area contributed by atoms with Crippen LogP contribution in [-0.4, -0.2) is 66.9 Å². The fraction of sp³-hybridized carbons (Fsp3) is 0.500. The molecule has 7 nitrogen and oxygen atoms in total. The Balaban J connectivity index is 1.48. The third kappa shape index (κ3) is 3.95. The first-order valence-corrected chi connectivity index (χ1v) is 14.4. The molecule has 1 aliphatic carbocycles. The van der Waals surface area contributed by atoms with Crippen LogP contribution in [0.1, 0.15) is 40.6 Å². The number of thioether (sulfide) groups is 1. The average Bonchev–Trinajstić information content (AvgIpc) is 3.38. The molecular formula is C22H24N4O3SSn. The van der Waals surface area contributed by atoms with Gasteiger partial charge >= 0.3 is 197 Å². The van der Waals surface area contributed by atoms with Crippen molar-refractivity contribution in [1.29, 1.82) is 5.26 Å². The number of benzene rings is 1. The molecule has 1 aromatic carbocycles. The zero-order valence-electron chi connectivity index (χ0n) is 17.6.